The quantitative estimate of drug-likeness (QED) is 0.520. The number of rotatable bonds is 3. The first-order valence-electron chi connectivity index (χ1n) is 3.85. The van der Waals surface area contributed by atoms with Crippen molar-refractivity contribution in [3.63, 3.8) is 0 Å². The monoisotopic (exact) mass is 174 g/mol. The maximum Gasteiger partial charge on any atom is 0.306 e. The van der Waals surface area contributed by atoms with Crippen LogP contribution in [0.2, 0.25) is 0 Å². The molecule has 1 aliphatic rings. The van der Waals surface area contributed by atoms with E-state index in [1.165, 1.54) is 7.11 Å². The summed E-state index contributed by atoms with van der Waals surface area (Å²) in [5.41, 5.74) is 0.163. The lowest BCUT2D eigenvalue weighted by molar-refractivity contribution is -0.142. The molecule has 0 bridgehead atoms. The summed E-state index contributed by atoms with van der Waals surface area (Å²) in [6.45, 7) is 2.04. The van der Waals surface area contributed by atoms with E-state index in [-0.39, 0.29) is 11.4 Å². The van der Waals surface area contributed by atoms with E-state index in [1.807, 2.05) is 6.92 Å². The van der Waals surface area contributed by atoms with Gasteiger partial charge in [-0.05, 0) is 18.3 Å². The van der Waals surface area contributed by atoms with Crippen LogP contribution < -0.4 is 0 Å². The minimum absolute atomic E-state index is 0.108. The average Bonchev–Trinajstić information content (AvgIpc) is 2.69. The van der Waals surface area contributed by atoms with E-state index < -0.39 is 0 Å². The fourth-order valence-corrected chi connectivity index (χ4v) is 1.61. The summed E-state index contributed by atoms with van der Waals surface area (Å²) >= 11 is 4.35. The van der Waals surface area contributed by atoms with Gasteiger partial charge in [-0.2, -0.15) is 12.6 Å². The molecule has 1 fully saturated rings. The number of methoxy groups -OCH3 is 1. The third-order valence-corrected chi connectivity index (χ3v) is 3.05. The number of carbonyl (C=O) groups is 1. The zero-order valence-electron chi connectivity index (χ0n) is 6.96. The normalized spacial score (nSPS) is 22.5. The second-order valence-corrected chi connectivity index (χ2v) is 4.07. The predicted octanol–water partition coefficient (Wildman–Crippen LogP) is 1.65. The maximum atomic E-state index is 10.9. The lowest BCUT2D eigenvalue weighted by Gasteiger charge is -2.16. The molecule has 0 aliphatic heterocycles. The summed E-state index contributed by atoms with van der Waals surface area (Å²) in [7, 11) is 1.43. The predicted molar refractivity (Wildman–Crippen MR) is 46.7 cm³/mol. The number of hydrogen-bond donors (Lipinski definition) is 1. The molecule has 1 rings (SSSR count). The Labute approximate surface area is 72.7 Å². The molecular weight excluding hydrogens is 160 g/mol. The third-order valence-electron chi connectivity index (χ3n) is 2.50. The minimum Gasteiger partial charge on any atom is -0.469 e. The number of hydrogen-bond acceptors (Lipinski definition) is 3. The van der Waals surface area contributed by atoms with Gasteiger partial charge in [-0.3, -0.25) is 4.79 Å². The highest BCUT2D eigenvalue weighted by Crippen LogP contribution is 2.53. The Morgan fingerprint density at radius 2 is 2.27 bits per heavy atom. The Bertz CT molecular complexity index is 161. The molecule has 3 heteroatoms. The molecule has 0 heterocycles. The van der Waals surface area contributed by atoms with Crippen molar-refractivity contribution >= 4 is 18.6 Å². The highest BCUT2D eigenvalue weighted by molar-refractivity contribution is 7.81. The molecule has 2 nitrogen and oxygen atoms in total. The van der Waals surface area contributed by atoms with Crippen LogP contribution in [-0.2, 0) is 9.53 Å². The molecule has 64 valence electrons. The number of ether oxygens (including phenoxy) is 1. The van der Waals surface area contributed by atoms with E-state index in [4.69, 9.17) is 0 Å². The summed E-state index contributed by atoms with van der Waals surface area (Å²) < 4.78 is 4.60. The van der Waals surface area contributed by atoms with Gasteiger partial charge in [0.2, 0.25) is 0 Å². The fourth-order valence-electron chi connectivity index (χ4n) is 1.26. The van der Waals surface area contributed by atoms with E-state index in [0.717, 1.165) is 12.8 Å². The highest BCUT2D eigenvalue weighted by atomic mass is 32.1. The van der Waals surface area contributed by atoms with E-state index in [2.05, 4.69) is 17.4 Å². The van der Waals surface area contributed by atoms with Gasteiger partial charge in [-0.1, -0.05) is 6.92 Å². The molecule has 1 unspecified atom stereocenters. The molecular formula is C8H14O2S. The van der Waals surface area contributed by atoms with Crippen LogP contribution in [0.5, 0.6) is 0 Å². The molecule has 0 radical (unpaired) electrons. The van der Waals surface area contributed by atoms with E-state index in [9.17, 15) is 4.79 Å². The molecule has 0 spiro atoms. The molecule has 1 atom stereocenters. The van der Waals surface area contributed by atoms with Gasteiger partial charge in [-0.25, -0.2) is 0 Å². The van der Waals surface area contributed by atoms with Crippen LogP contribution in [0.3, 0.4) is 0 Å². The molecule has 1 saturated carbocycles. The number of thiol groups is 1. The van der Waals surface area contributed by atoms with E-state index in [1.54, 1.807) is 0 Å². The van der Waals surface area contributed by atoms with Gasteiger partial charge in [0, 0.05) is 5.25 Å². The minimum atomic E-state index is -0.108. The van der Waals surface area contributed by atoms with Crippen LogP contribution in [-0.4, -0.2) is 18.3 Å². The largest absolute Gasteiger partial charge is 0.469 e. The molecule has 0 aromatic rings. The molecule has 0 aromatic heterocycles. The first-order chi connectivity index (χ1) is 5.10. The van der Waals surface area contributed by atoms with Gasteiger partial charge in [0.05, 0.1) is 13.5 Å². The van der Waals surface area contributed by atoms with E-state index >= 15 is 0 Å². The molecule has 11 heavy (non-hydrogen) atoms. The van der Waals surface area contributed by atoms with Gasteiger partial charge >= 0.3 is 5.97 Å². The lowest BCUT2D eigenvalue weighted by Crippen LogP contribution is -2.18. The summed E-state index contributed by atoms with van der Waals surface area (Å²) in [5, 5.41) is 0.307. The maximum absolute atomic E-state index is 10.9. The van der Waals surface area contributed by atoms with E-state index in [0.29, 0.717) is 11.7 Å². The summed E-state index contributed by atoms with van der Waals surface area (Å²) in [6, 6.07) is 0. The lowest BCUT2D eigenvalue weighted by atomic mass is 9.99. The van der Waals surface area contributed by atoms with Crippen molar-refractivity contribution in [3.05, 3.63) is 0 Å². The van der Waals surface area contributed by atoms with Gasteiger partial charge in [-0.15, -0.1) is 0 Å². The number of carbonyl (C=O) groups excluding carboxylic acids is 1. The SMILES string of the molecule is COC(=O)CC1(C(C)S)CC1. The van der Waals surface area contributed by atoms with Crippen molar-refractivity contribution < 1.29 is 9.53 Å². The zero-order chi connectivity index (χ0) is 8.48. The van der Waals surface area contributed by atoms with Crippen LogP contribution in [0, 0.1) is 5.41 Å². The topological polar surface area (TPSA) is 26.3 Å². The Hall–Kier alpha value is -0.180. The van der Waals surface area contributed by atoms with Crippen molar-refractivity contribution in [2.75, 3.05) is 7.11 Å². The highest BCUT2D eigenvalue weighted by Gasteiger charge is 2.47. The van der Waals surface area contributed by atoms with Crippen molar-refractivity contribution in [2.24, 2.45) is 5.41 Å². The standard InChI is InChI=1S/C8H14O2S/c1-6(11)8(3-4-8)5-7(9)10-2/h6,11H,3-5H2,1-2H3. The van der Waals surface area contributed by atoms with Crippen LogP contribution in [0.4, 0.5) is 0 Å². The van der Waals surface area contributed by atoms with Gasteiger partial charge in [0.1, 0.15) is 0 Å². The fraction of sp³-hybridized carbons (Fsp3) is 0.875. The first kappa shape index (κ1) is 8.91. The molecule has 0 saturated heterocycles. The Morgan fingerprint density at radius 1 is 1.73 bits per heavy atom. The Kier molecular flexibility index (Phi) is 2.47. The molecule has 1 aliphatic carbocycles. The van der Waals surface area contributed by atoms with Crippen LogP contribution in [0.1, 0.15) is 26.2 Å². The summed E-state index contributed by atoms with van der Waals surface area (Å²) in [6.07, 6.45) is 2.77. The van der Waals surface area contributed by atoms with Crippen molar-refractivity contribution in [1.82, 2.24) is 0 Å². The van der Waals surface area contributed by atoms with Crippen molar-refractivity contribution in [2.45, 2.75) is 31.4 Å². The Morgan fingerprint density at radius 3 is 2.55 bits per heavy atom. The van der Waals surface area contributed by atoms with Gasteiger partial charge < -0.3 is 4.74 Å². The Balaban J connectivity index is 2.41. The smallest absolute Gasteiger partial charge is 0.306 e. The second kappa shape index (κ2) is 3.05. The summed E-state index contributed by atoms with van der Waals surface area (Å²) in [5.74, 6) is -0.108. The van der Waals surface area contributed by atoms with Crippen molar-refractivity contribution in [3.8, 4) is 0 Å². The van der Waals surface area contributed by atoms with Crippen LogP contribution in [0.25, 0.3) is 0 Å². The molecule has 0 N–H and O–H groups in total. The van der Waals surface area contributed by atoms with Crippen molar-refractivity contribution in [1.29, 1.82) is 0 Å². The van der Waals surface area contributed by atoms with Crippen LogP contribution in [0.15, 0.2) is 0 Å². The summed E-state index contributed by atoms with van der Waals surface area (Å²) in [4.78, 5) is 10.9. The molecule has 0 aromatic carbocycles. The molecule has 0 amide bonds. The first-order valence-corrected chi connectivity index (χ1v) is 4.37. The van der Waals surface area contributed by atoms with Gasteiger partial charge in [0.25, 0.3) is 0 Å². The van der Waals surface area contributed by atoms with Gasteiger partial charge in [0.15, 0.2) is 0 Å². The second-order valence-electron chi connectivity index (χ2n) is 3.29. The zero-order valence-corrected chi connectivity index (χ0v) is 7.86. The number of esters is 1. The third kappa shape index (κ3) is 1.89. The van der Waals surface area contributed by atoms with Crippen LogP contribution >= 0.6 is 12.6 Å². The average molecular weight is 174 g/mol.